The third-order valence-electron chi connectivity index (χ3n) is 5.34. The summed E-state index contributed by atoms with van der Waals surface area (Å²) in [4.78, 5) is 0. The van der Waals surface area contributed by atoms with Crippen molar-refractivity contribution in [2.24, 2.45) is 0 Å². The zero-order chi connectivity index (χ0) is 23.0. The van der Waals surface area contributed by atoms with Crippen LogP contribution < -0.4 is 16.0 Å². The fraction of sp³-hybridized carbons (Fsp3) is 1.00. The SMILES string of the molecule is Br.Br.Br.CCCCCCCCNC.CCCCCCCCNC.CCCCCCCCNC. The molecule has 0 aromatic heterocycles. The Morgan fingerprint density at radius 1 is 0.303 bits per heavy atom. The summed E-state index contributed by atoms with van der Waals surface area (Å²) < 4.78 is 0. The maximum absolute atomic E-state index is 3.16. The minimum absolute atomic E-state index is 0. The summed E-state index contributed by atoms with van der Waals surface area (Å²) in [6, 6.07) is 0. The Kier molecular flexibility index (Phi) is 78.2. The molecule has 33 heavy (non-hydrogen) atoms. The van der Waals surface area contributed by atoms with Gasteiger partial charge in [-0.25, -0.2) is 0 Å². The summed E-state index contributed by atoms with van der Waals surface area (Å²) >= 11 is 0. The number of unbranched alkanes of at least 4 members (excludes halogenated alkanes) is 15. The zero-order valence-corrected chi connectivity index (χ0v) is 28.7. The summed E-state index contributed by atoms with van der Waals surface area (Å²) in [5, 5.41) is 9.48. The minimum Gasteiger partial charge on any atom is -0.320 e. The van der Waals surface area contributed by atoms with E-state index in [0.717, 1.165) is 0 Å². The van der Waals surface area contributed by atoms with E-state index in [1.165, 1.54) is 135 Å². The normalized spacial score (nSPS) is 9.27. The van der Waals surface area contributed by atoms with Gasteiger partial charge in [0.15, 0.2) is 0 Å². The van der Waals surface area contributed by atoms with Crippen molar-refractivity contribution in [1.29, 1.82) is 0 Å². The Morgan fingerprint density at radius 3 is 0.667 bits per heavy atom. The zero-order valence-electron chi connectivity index (χ0n) is 23.6. The molecule has 0 spiro atoms. The molecule has 3 N–H and O–H groups in total. The Morgan fingerprint density at radius 2 is 0.485 bits per heavy atom. The highest BCUT2D eigenvalue weighted by atomic mass is 79.9. The molecule has 0 aromatic rings. The molecular weight excluding hydrogens is 606 g/mol. The molecule has 0 bridgehead atoms. The quantitative estimate of drug-likeness (QED) is 0.106. The van der Waals surface area contributed by atoms with Crippen molar-refractivity contribution in [3.8, 4) is 0 Å². The van der Waals surface area contributed by atoms with Gasteiger partial charge in [-0.2, -0.15) is 0 Å². The van der Waals surface area contributed by atoms with Gasteiger partial charge in [0.05, 0.1) is 0 Å². The molecule has 0 saturated carbocycles. The lowest BCUT2D eigenvalue weighted by atomic mass is 10.1. The van der Waals surface area contributed by atoms with Crippen LogP contribution in [-0.2, 0) is 0 Å². The van der Waals surface area contributed by atoms with E-state index >= 15 is 0 Å². The number of halogens is 3. The number of rotatable bonds is 21. The van der Waals surface area contributed by atoms with E-state index in [9.17, 15) is 0 Å². The first kappa shape index (κ1) is 47.5. The van der Waals surface area contributed by atoms with E-state index in [-0.39, 0.29) is 50.9 Å². The highest BCUT2D eigenvalue weighted by Gasteiger charge is 1.88. The highest BCUT2D eigenvalue weighted by Crippen LogP contribution is 2.05. The number of nitrogens with one attached hydrogen (secondary N) is 3. The first-order valence-corrected chi connectivity index (χ1v) is 13.7. The Balaban J connectivity index is -0.0000000792. The first-order valence-electron chi connectivity index (χ1n) is 13.7. The number of hydrogen-bond donors (Lipinski definition) is 3. The van der Waals surface area contributed by atoms with E-state index in [1.807, 2.05) is 21.1 Å². The van der Waals surface area contributed by atoms with Crippen LogP contribution in [0.2, 0.25) is 0 Å². The molecular formula is C27H66Br3N3. The second kappa shape index (κ2) is 54.3. The maximum atomic E-state index is 3.16. The van der Waals surface area contributed by atoms with Gasteiger partial charge >= 0.3 is 0 Å². The van der Waals surface area contributed by atoms with Gasteiger partial charge in [0, 0.05) is 0 Å². The summed E-state index contributed by atoms with van der Waals surface area (Å²) in [5.41, 5.74) is 0. The van der Waals surface area contributed by atoms with Crippen LogP contribution in [0, 0.1) is 0 Å². The van der Waals surface area contributed by atoms with Crippen molar-refractivity contribution in [2.75, 3.05) is 40.8 Å². The van der Waals surface area contributed by atoms with E-state index in [4.69, 9.17) is 0 Å². The molecule has 0 aromatic carbocycles. The van der Waals surface area contributed by atoms with Crippen molar-refractivity contribution in [2.45, 2.75) is 136 Å². The lowest BCUT2D eigenvalue weighted by Crippen LogP contribution is -2.06. The summed E-state index contributed by atoms with van der Waals surface area (Å²) in [6.45, 7) is 10.3. The van der Waals surface area contributed by atoms with Gasteiger partial charge in [-0.1, -0.05) is 117 Å². The fourth-order valence-corrected chi connectivity index (χ4v) is 3.25. The van der Waals surface area contributed by atoms with Gasteiger partial charge in [0.1, 0.15) is 0 Å². The van der Waals surface area contributed by atoms with E-state index in [2.05, 4.69) is 36.7 Å². The third-order valence-corrected chi connectivity index (χ3v) is 5.34. The van der Waals surface area contributed by atoms with Crippen molar-refractivity contribution in [3.63, 3.8) is 0 Å². The molecule has 0 aliphatic carbocycles. The van der Waals surface area contributed by atoms with Crippen molar-refractivity contribution in [1.82, 2.24) is 16.0 Å². The summed E-state index contributed by atoms with van der Waals surface area (Å²) in [5.74, 6) is 0. The molecule has 0 saturated heterocycles. The largest absolute Gasteiger partial charge is 0.320 e. The highest BCUT2D eigenvalue weighted by molar-refractivity contribution is 8.93. The van der Waals surface area contributed by atoms with Gasteiger partial charge in [-0.3, -0.25) is 0 Å². The van der Waals surface area contributed by atoms with E-state index < -0.39 is 0 Å². The predicted molar refractivity (Wildman–Crippen MR) is 173 cm³/mol. The Labute approximate surface area is 242 Å². The van der Waals surface area contributed by atoms with Crippen LogP contribution in [0.25, 0.3) is 0 Å². The third kappa shape index (κ3) is 65.6. The fourth-order valence-electron chi connectivity index (χ4n) is 3.25. The minimum atomic E-state index is 0. The van der Waals surface area contributed by atoms with E-state index in [1.54, 1.807) is 0 Å². The topological polar surface area (TPSA) is 36.1 Å². The Hall–Kier alpha value is 1.32. The van der Waals surface area contributed by atoms with Gasteiger partial charge in [0.25, 0.3) is 0 Å². The predicted octanol–water partition coefficient (Wildman–Crippen LogP) is 9.43. The van der Waals surface area contributed by atoms with Crippen LogP contribution in [0.1, 0.15) is 136 Å². The van der Waals surface area contributed by atoms with E-state index in [0.29, 0.717) is 0 Å². The summed E-state index contributed by atoms with van der Waals surface area (Å²) in [7, 11) is 6.06. The average Bonchev–Trinajstić information content (AvgIpc) is 2.77. The van der Waals surface area contributed by atoms with Gasteiger partial charge in [0.2, 0.25) is 0 Å². The van der Waals surface area contributed by atoms with Gasteiger partial charge < -0.3 is 16.0 Å². The van der Waals surface area contributed by atoms with Crippen molar-refractivity contribution in [3.05, 3.63) is 0 Å². The van der Waals surface area contributed by atoms with Gasteiger partial charge in [-0.05, 0) is 60.0 Å². The summed E-state index contributed by atoms with van der Waals surface area (Å²) in [6.07, 6.45) is 25.1. The second-order valence-electron chi connectivity index (χ2n) is 8.61. The lowest BCUT2D eigenvalue weighted by molar-refractivity contribution is 0.592. The van der Waals surface area contributed by atoms with Crippen LogP contribution in [0.5, 0.6) is 0 Å². The number of hydrogen-bond acceptors (Lipinski definition) is 3. The molecule has 0 aliphatic heterocycles. The molecule has 0 radical (unpaired) electrons. The van der Waals surface area contributed by atoms with Crippen molar-refractivity contribution < 1.29 is 0 Å². The molecule has 0 heterocycles. The monoisotopic (exact) mass is 669 g/mol. The molecule has 0 amide bonds. The molecule has 0 rings (SSSR count). The molecule has 210 valence electrons. The second-order valence-corrected chi connectivity index (χ2v) is 8.61. The molecule has 3 nitrogen and oxygen atoms in total. The van der Waals surface area contributed by atoms with Gasteiger partial charge in [-0.15, -0.1) is 50.9 Å². The first-order chi connectivity index (χ1) is 14.7. The van der Waals surface area contributed by atoms with Crippen LogP contribution in [-0.4, -0.2) is 40.8 Å². The molecule has 6 heteroatoms. The standard InChI is InChI=1S/3C9H21N.3BrH/c3*1-3-4-5-6-7-8-9-10-2;;;/h3*10H,3-9H2,1-2H3;3*1H. The van der Waals surface area contributed by atoms with Crippen molar-refractivity contribution >= 4 is 50.9 Å². The Bertz CT molecular complexity index is 187. The smallest absolute Gasteiger partial charge is 0.00519 e. The molecule has 0 fully saturated rings. The molecule has 0 atom stereocenters. The lowest BCUT2D eigenvalue weighted by Gasteiger charge is -1.98. The maximum Gasteiger partial charge on any atom is -0.00519 e. The van der Waals surface area contributed by atoms with Crippen LogP contribution >= 0.6 is 50.9 Å². The molecule has 0 aliphatic rings. The van der Waals surface area contributed by atoms with Crippen LogP contribution in [0.4, 0.5) is 0 Å². The van der Waals surface area contributed by atoms with Crippen LogP contribution in [0.3, 0.4) is 0 Å². The van der Waals surface area contributed by atoms with Crippen LogP contribution in [0.15, 0.2) is 0 Å². The molecule has 0 unspecified atom stereocenters. The average molecular weight is 673 g/mol.